The van der Waals surface area contributed by atoms with Crippen molar-refractivity contribution in [1.29, 1.82) is 0 Å². The quantitative estimate of drug-likeness (QED) is 0.180. The van der Waals surface area contributed by atoms with E-state index in [0.29, 0.717) is 40.1 Å². The Morgan fingerprint density at radius 2 is 1.79 bits per heavy atom. The van der Waals surface area contributed by atoms with Gasteiger partial charge in [0.15, 0.2) is 0 Å². The van der Waals surface area contributed by atoms with Gasteiger partial charge in [0.05, 0.1) is 10.9 Å². The maximum absolute atomic E-state index is 13.5. The van der Waals surface area contributed by atoms with Gasteiger partial charge in [-0.15, -0.1) is 0 Å². The fourth-order valence-electron chi connectivity index (χ4n) is 5.11. The number of imidazole rings is 1. The molecular weight excluding hydrogens is 601 g/mol. The third kappa shape index (κ3) is 7.10. The average Bonchev–Trinajstić information content (AvgIpc) is 3.53. The van der Waals surface area contributed by atoms with Gasteiger partial charge in [-0.05, 0) is 84.3 Å². The normalized spacial score (nSPS) is 10.8. The molecule has 11 nitrogen and oxygen atoms in total. The van der Waals surface area contributed by atoms with Gasteiger partial charge in [0.1, 0.15) is 17.3 Å². The summed E-state index contributed by atoms with van der Waals surface area (Å²) in [6, 6.07) is 19.8. The second-order valence-corrected chi connectivity index (χ2v) is 10.6. The summed E-state index contributed by atoms with van der Waals surface area (Å²) in [7, 11) is 0. The summed E-state index contributed by atoms with van der Waals surface area (Å²) in [6.07, 6.45) is 4.26. The molecule has 4 N–H and O–H groups in total. The zero-order chi connectivity index (χ0) is 32.9. The summed E-state index contributed by atoms with van der Waals surface area (Å²) >= 11 is 0. The number of rotatable bonds is 7. The number of aromatic nitrogens is 4. The second-order valence-electron chi connectivity index (χ2n) is 10.6. The summed E-state index contributed by atoms with van der Waals surface area (Å²) < 4.78 is 16.8. The van der Waals surface area contributed by atoms with Crippen molar-refractivity contribution in [2.24, 2.45) is 0 Å². The van der Waals surface area contributed by atoms with E-state index in [1.807, 2.05) is 35.0 Å². The first-order valence-corrected chi connectivity index (χ1v) is 14.6. The van der Waals surface area contributed by atoms with Crippen LogP contribution in [0.15, 0.2) is 96.2 Å². The molecule has 3 aromatic heterocycles. The molecule has 0 saturated heterocycles. The van der Waals surface area contributed by atoms with Gasteiger partial charge in [0, 0.05) is 55.0 Å². The summed E-state index contributed by atoms with van der Waals surface area (Å²) in [5.41, 5.74) is 5.03. The number of anilines is 1. The Morgan fingerprint density at radius 1 is 0.957 bits per heavy atom. The summed E-state index contributed by atoms with van der Waals surface area (Å²) in [5, 5.41) is 17.2. The monoisotopic (exact) mass is 629 g/mol. The lowest BCUT2D eigenvalue weighted by Crippen LogP contribution is -2.31. The molecule has 0 atom stereocenters. The Hall–Kier alpha value is -6.48. The first-order valence-electron chi connectivity index (χ1n) is 14.6. The largest absolute Gasteiger partial charge is 0.465 e. The number of halogens is 1. The van der Waals surface area contributed by atoms with Crippen LogP contribution >= 0.6 is 0 Å². The Kier molecular flexibility index (Phi) is 8.61. The lowest BCUT2D eigenvalue weighted by molar-refractivity contribution is 0.194. The highest BCUT2D eigenvalue weighted by atomic mass is 19.1. The van der Waals surface area contributed by atoms with Crippen LogP contribution in [-0.2, 0) is 13.1 Å². The van der Waals surface area contributed by atoms with Crippen LogP contribution in [0.4, 0.5) is 19.7 Å². The Labute approximate surface area is 267 Å². The van der Waals surface area contributed by atoms with Crippen LogP contribution in [0.1, 0.15) is 22.5 Å². The molecule has 0 spiro atoms. The molecule has 3 amide bonds. The highest BCUT2D eigenvalue weighted by molar-refractivity contribution is 5.91. The molecule has 0 saturated carbocycles. The van der Waals surface area contributed by atoms with Gasteiger partial charge in [-0.1, -0.05) is 24.0 Å². The van der Waals surface area contributed by atoms with Crippen molar-refractivity contribution in [3.63, 3.8) is 0 Å². The number of nitrogens with zero attached hydrogens (tertiary/aromatic N) is 4. The van der Waals surface area contributed by atoms with Crippen molar-refractivity contribution < 1.29 is 19.1 Å². The lowest BCUT2D eigenvalue weighted by atomic mass is 9.98. The van der Waals surface area contributed by atoms with E-state index in [4.69, 9.17) is 5.11 Å². The molecule has 6 rings (SSSR count). The number of carbonyl (C=O) groups excluding carboxylic acids is 1. The third-order valence-electron chi connectivity index (χ3n) is 7.45. The number of fused-ring (bicyclic) bond motifs is 2. The molecular formula is C35H28FN7O4. The minimum Gasteiger partial charge on any atom is -0.465 e. The number of amides is 3. The van der Waals surface area contributed by atoms with Crippen LogP contribution in [0.3, 0.4) is 0 Å². The number of pyridine rings is 1. The SMILES string of the molecule is Cc1nc2cc(-c3ccc(NC(=O)NCc4ccn5ccnc5c4)cc3C#Cc3ccc(F)cc3)ccc2c(=O)n1CCNC(=O)O. The molecule has 0 aliphatic heterocycles. The van der Waals surface area contributed by atoms with Gasteiger partial charge in [-0.25, -0.2) is 23.9 Å². The average molecular weight is 630 g/mol. The summed E-state index contributed by atoms with van der Waals surface area (Å²) in [4.78, 5) is 45.7. The van der Waals surface area contributed by atoms with E-state index in [-0.39, 0.29) is 24.5 Å². The predicted molar refractivity (Wildman–Crippen MR) is 176 cm³/mol. The van der Waals surface area contributed by atoms with Crippen LogP contribution < -0.4 is 21.5 Å². The summed E-state index contributed by atoms with van der Waals surface area (Å²) in [5.74, 6) is 6.29. The molecule has 0 bridgehead atoms. The van der Waals surface area contributed by atoms with Crippen molar-refractivity contribution in [3.8, 4) is 23.0 Å². The van der Waals surface area contributed by atoms with Crippen LogP contribution in [0.2, 0.25) is 0 Å². The highest BCUT2D eigenvalue weighted by Crippen LogP contribution is 2.28. The second kappa shape index (κ2) is 13.3. The van der Waals surface area contributed by atoms with Crippen LogP contribution in [0.5, 0.6) is 0 Å². The first-order chi connectivity index (χ1) is 22.7. The zero-order valence-electron chi connectivity index (χ0n) is 25.1. The van der Waals surface area contributed by atoms with E-state index in [9.17, 15) is 18.8 Å². The smallest absolute Gasteiger partial charge is 0.404 e. The Morgan fingerprint density at radius 3 is 2.60 bits per heavy atom. The fraction of sp³-hybridized carbons (Fsp3) is 0.114. The van der Waals surface area contributed by atoms with Crippen LogP contribution in [0, 0.1) is 24.6 Å². The fourth-order valence-corrected chi connectivity index (χ4v) is 5.11. The number of aryl methyl sites for hydroxylation is 1. The molecule has 234 valence electrons. The summed E-state index contributed by atoms with van der Waals surface area (Å²) in [6.45, 7) is 2.20. The Balaban J connectivity index is 1.29. The molecule has 3 heterocycles. The van der Waals surface area contributed by atoms with Gasteiger partial charge < -0.3 is 25.5 Å². The van der Waals surface area contributed by atoms with Crippen molar-refractivity contribution in [1.82, 2.24) is 29.6 Å². The lowest BCUT2D eigenvalue weighted by Gasteiger charge is -2.13. The van der Waals surface area contributed by atoms with Gasteiger partial charge >= 0.3 is 12.1 Å². The van der Waals surface area contributed by atoms with E-state index in [2.05, 4.69) is 37.8 Å². The molecule has 0 aliphatic rings. The number of hydrogen-bond acceptors (Lipinski definition) is 5. The number of carbonyl (C=O) groups is 2. The molecule has 0 aliphatic carbocycles. The van der Waals surface area contributed by atoms with Crippen molar-refractivity contribution in [3.05, 3.63) is 130 Å². The topological polar surface area (TPSA) is 143 Å². The molecule has 0 radical (unpaired) electrons. The molecule has 12 heteroatoms. The minimum atomic E-state index is -1.17. The molecule has 3 aromatic carbocycles. The maximum atomic E-state index is 13.5. The molecule has 6 aromatic rings. The Bertz CT molecular complexity index is 2270. The molecule has 0 fully saturated rings. The number of nitrogens with one attached hydrogen (secondary N) is 3. The highest BCUT2D eigenvalue weighted by Gasteiger charge is 2.13. The standard InChI is InChI=1S/C35H28FN7O4/c1-22-40-31-20-26(6-10-30(31)33(44)43(22)17-14-38-35(46)47)29-11-9-28(19-25(29)5-2-23-3-7-27(36)8-4-23)41-34(45)39-21-24-12-15-42-16-13-37-32(42)18-24/h3-4,6-13,15-16,18-20,38H,14,17,21H2,1H3,(H,46,47)(H2,39,41,45). The van der Waals surface area contributed by atoms with Gasteiger partial charge in [-0.3, -0.25) is 9.36 Å². The van der Waals surface area contributed by atoms with E-state index >= 15 is 0 Å². The third-order valence-corrected chi connectivity index (χ3v) is 7.45. The van der Waals surface area contributed by atoms with E-state index in [1.54, 1.807) is 55.6 Å². The molecule has 0 unspecified atom stereocenters. The van der Waals surface area contributed by atoms with Gasteiger partial charge in [0.2, 0.25) is 0 Å². The number of hydrogen-bond donors (Lipinski definition) is 4. The van der Waals surface area contributed by atoms with Crippen molar-refractivity contribution >= 4 is 34.4 Å². The van der Waals surface area contributed by atoms with Gasteiger partial charge in [-0.2, -0.15) is 0 Å². The van der Waals surface area contributed by atoms with Gasteiger partial charge in [0.25, 0.3) is 5.56 Å². The van der Waals surface area contributed by atoms with E-state index in [1.165, 1.54) is 16.7 Å². The molecule has 47 heavy (non-hydrogen) atoms. The van der Waals surface area contributed by atoms with E-state index in [0.717, 1.165) is 22.3 Å². The van der Waals surface area contributed by atoms with Crippen molar-refractivity contribution in [2.75, 3.05) is 11.9 Å². The number of urea groups is 1. The first kappa shape index (κ1) is 30.5. The van der Waals surface area contributed by atoms with E-state index < -0.39 is 12.1 Å². The number of carboxylic acid groups (broad SMARTS) is 1. The number of benzene rings is 3. The minimum absolute atomic E-state index is 0.0664. The van der Waals surface area contributed by atoms with Crippen LogP contribution in [0.25, 0.3) is 27.7 Å². The zero-order valence-corrected chi connectivity index (χ0v) is 25.1. The maximum Gasteiger partial charge on any atom is 0.404 e. The van der Waals surface area contributed by atoms with Crippen LogP contribution in [-0.4, -0.2) is 42.7 Å². The van der Waals surface area contributed by atoms with Crippen molar-refractivity contribution in [2.45, 2.75) is 20.0 Å². The predicted octanol–water partition coefficient (Wildman–Crippen LogP) is 5.15.